The first kappa shape index (κ1) is 20.2. The number of nitrogens with zero attached hydrogens (tertiary/aromatic N) is 5. The summed E-state index contributed by atoms with van der Waals surface area (Å²) in [6.07, 6.45) is 7.09. The second kappa shape index (κ2) is 8.20. The molecule has 1 amide bonds. The number of pyridine rings is 1. The minimum Gasteiger partial charge on any atom is -0.396 e. The number of aliphatic hydroxyl groups excluding tert-OH is 1. The summed E-state index contributed by atoms with van der Waals surface area (Å²) in [4.78, 5) is 16.6. The zero-order chi connectivity index (χ0) is 20.3. The van der Waals surface area contributed by atoms with Crippen molar-refractivity contribution >= 4 is 23.2 Å². The van der Waals surface area contributed by atoms with E-state index in [-0.39, 0.29) is 12.5 Å². The minimum absolute atomic E-state index is 0.0997. The maximum absolute atomic E-state index is 12.1. The molecule has 0 radical (unpaired) electrons. The van der Waals surface area contributed by atoms with E-state index in [9.17, 15) is 9.90 Å². The van der Waals surface area contributed by atoms with Crippen LogP contribution >= 0.6 is 11.6 Å². The normalized spacial score (nSPS) is 20.4. The van der Waals surface area contributed by atoms with Gasteiger partial charge in [0, 0.05) is 30.2 Å². The molecule has 0 spiro atoms. The van der Waals surface area contributed by atoms with E-state index < -0.39 is 11.3 Å². The molecule has 2 aromatic rings. The smallest absolute Gasteiger partial charge is 0.244 e. The summed E-state index contributed by atoms with van der Waals surface area (Å²) in [6.45, 7) is 3.84. The van der Waals surface area contributed by atoms with E-state index in [1.54, 1.807) is 29.1 Å². The van der Waals surface area contributed by atoms with Crippen LogP contribution in [0.5, 0.6) is 0 Å². The van der Waals surface area contributed by atoms with Gasteiger partial charge in [-0.25, -0.2) is 0 Å². The van der Waals surface area contributed by atoms with Crippen molar-refractivity contribution in [3.63, 3.8) is 0 Å². The molecule has 1 aliphatic rings. The number of amides is 1. The van der Waals surface area contributed by atoms with Gasteiger partial charge in [0.1, 0.15) is 0 Å². The lowest BCUT2D eigenvalue weighted by Crippen LogP contribution is -2.39. The lowest BCUT2D eigenvalue weighted by molar-refractivity contribution is -0.114. The van der Waals surface area contributed by atoms with Gasteiger partial charge in [0.25, 0.3) is 0 Å². The van der Waals surface area contributed by atoms with Gasteiger partial charge in [0.2, 0.25) is 5.91 Å². The number of aromatic nitrogens is 5. The summed E-state index contributed by atoms with van der Waals surface area (Å²) in [5.74, 6) is -0.0881. The van der Waals surface area contributed by atoms with E-state index in [1.807, 2.05) is 19.9 Å². The number of tetrazole rings is 1. The van der Waals surface area contributed by atoms with Crippen molar-refractivity contribution in [3.8, 4) is 0 Å². The number of carbonyl (C=O) groups is 1. The van der Waals surface area contributed by atoms with Crippen LogP contribution in [0.2, 0.25) is 5.02 Å². The molecule has 3 N–H and O–H groups in total. The molecule has 9 heteroatoms. The SMILES string of the molecule is CCCc1nnnn1C1=CC(c2ccc(Cl)cn2)([C@H](C)CO)CC(C(N)=O)=C1. The van der Waals surface area contributed by atoms with E-state index in [2.05, 4.69) is 20.5 Å². The Morgan fingerprint density at radius 1 is 1.46 bits per heavy atom. The number of halogens is 1. The number of aryl methyl sites for hydroxylation is 1. The number of rotatable bonds is 7. The van der Waals surface area contributed by atoms with Crippen LogP contribution in [0.15, 0.2) is 36.1 Å². The number of aliphatic hydroxyl groups is 1. The standard InChI is InChI=1S/C19H23ClN6O2/c1-3-4-17-23-24-25-26(17)15-7-13(18(21)28)8-19(9-15,12(2)11-27)16-6-5-14(20)10-22-16/h5-7,9-10,12,27H,3-4,8,11H2,1-2H3,(H2,21,28)/t12-,19?/m1/s1. The Morgan fingerprint density at radius 3 is 2.86 bits per heavy atom. The summed E-state index contributed by atoms with van der Waals surface area (Å²) in [7, 11) is 0. The van der Waals surface area contributed by atoms with Crippen molar-refractivity contribution in [1.82, 2.24) is 25.2 Å². The van der Waals surface area contributed by atoms with Crippen LogP contribution in [0.3, 0.4) is 0 Å². The van der Waals surface area contributed by atoms with Gasteiger partial charge in [-0.1, -0.05) is 25.4 Å². The fourth-order valence-electron chi connectivity index (χ4n) is 3.52. The maximum Gasteiger partial charge on any atom is 0.244 e. The third-order valence-electron chi connectivity index (χ3n) is 5.14. The summed E-state index contributed by atoms with van der Waals surface area (Å²) in [5.41, 5.74) is 6.63. The third-order valence-corrected chi connectivity index (χ3v) is 5.36. The van der Waals surface area contributed by atoms with Gasteiger partial charge in [0.05, 0.1) is 16.4 Å². The molecule has 1 unspecified atom stereocenters. The Balaban J connectivity index is 2.22. The number of carbonyl (C=O) groups excluding carboxylic acids is 1. The van der Waals surface area contributed by atoms with Gasteiger partial charge in [-0.15, -0.1) is 5.10 Å². The highest BCUT2D eigenvalue weighted by atomic mass is 35.5. The molecule has 2 atom stereocenters. The molecular weight excluding hydrogens is 380 g/mol. The van der Waals surface area contributed by atoms with Crippen LogP contribution in [-0.4, -0.2) is 42.8 Å². The molecule has 8 nitrogen and oxygen atoms in total. The average molecular weight is 403 g/mol. The quantitative estimate of drug-likeness (QED) is 0.729. The first-order chi connectivity index (χ1) is 13.4. The predicted octanol–water partition coefficient (Wildman–Crippen LogP) is 1.90. The minimum atomic E-state index is -0.761. The number of nitrogens with two attached hydrogens (primary N) is 1. The van der Waals surface area contributed by atoms with Gasteiger partial charge < -0.3 is 10.8 Å². The molecule has 0 saturated heterocycles. The Labute approximate surface area is 168 Å². The summed E-state index contributed by atoms with van der Waals surface area (Å²) < 4.78 is 1.61. The molecule has 0 aromatic carbocycles. The summed E-state index contributed by atoms with van der Waals surface area (Å²) in [6, 6.07) is 3.55. The van der Waals surface area contributed by atoms with Crippen molar-refractivity contribution in [1.29, 1.82) is 0 Å². The lowest BCUT2D eigenvalue weighted by Gasteiger charge is -2.38. The van der Waals surface area contributed by atoms with Crippen LogP contribution < -0.4 is 5.73 Å². The molecule has 0 saturated carbocycles. The number of allylic oxidation sites excluding steroid dienone is 3. The average Bonchev–Trinajstić information content (AvgIpc) is 3.16. The van der Waals surface area contributed by atoms with Crippen molar-refractivity contribution < 1.29 is 9.90 Å². The summed E-state index contributed by atoms with van der Waals surface area (Å²) in [5, 5.41) is 22.4. The molecular formula is C19H23ClN6O2. The first-order valence-corrected chi connectivity index (χ1v) is 9.52. The van der Waals surface area contributed by atoms with Gasteiger partial charge in [-0.05, 0) is 53.5 Å². The molecule has 3 rings (SSSR count). The van der Waals surface area contributed by atoms with E-state index in [0.29, 0.717) is 40.7 Å². The van der Waals surface area contributed by atoms with Gasteiger partial charge in [-0.3, -0.25) is 9.78 Å². The van der Waals surface area contributed by atoms with Crippen molar-refractivity contribution in [2.45, 2.75) is 38.5 Å². The second-order valence-corrected chi connectivity index (χ2v) is 7.46. The Kier molecular flexibility index (Phi) is 5.90. The maximum atomic E-state index is 12.1. The van der Waals surface area contributed by atoms with E-state index in [0.717, 1.165) is 6.42 Å². The third kappa shape index (κ3) is 3.70. The highest BCUT2D eigenvalue weighted by Crippen LogP contribution is 2.43. The van der Waals surface area contributed by atoms with Crippen LogP contribution in [0, 0.1) is 5.92 Å². The zero-order valence-electron chi connectivity index (χ0n) is 15.8. The van der Waals surface area contributed by atoms with E-state index in [1.165, 1.54) is 0 Å². The molecule has 0 aliphatic heterocycles. The first-order valence-electron chi connectivity index (χ1n) is 9.15. The molecule has 148 valence electrons. The Bertz CT molecular complexity index is 921. The number of hydrogen-bond donors (Lipinski definition) is 2. The topological polar surface area (TPSA) is 120 Å². The Hall–Kier alpha value is -2.58. The van der Waals surface area contributed by atoms with Gasteiger partial charge in [-0.2, -0.15) is 4.68 Å². The van der Waals surface area contributed by atoms with E-state index >= 15 is 0 Å². The Morgan fingerprint density at radius 2 is 2.25 bits per heavy atom. The summed E-state index contributed by atoms with van der Waals surface area (Å²) >= 11 is 6.01. The number of primary amides is 1. The number of hydrogen-bond acceptors (Lipinski definition) is 6. The molecule has 2 aromatic heterocycles. The van der Waals surface area contributed by atoms with Crippen molar-refractivity contribution in [2.24, 2.45) is 11.7 Å². The highest BCUT2D eigenvalue weighted by Gasteiger charge is 2.41. The van der Waals surface area contributed by atoms with Crippen LogP contribution in [-0.2, 0) is 16.6 Å². The van der Waals surface area contributed by atoms with Gasteiger partial charge >= 0.3 is 0 Å². The van der Waals surface area contributed by atoms with Crippen molar-refractivity contribution in [3.05, 3.63) is 52.6 Å². The van der Waals surface area contributed by atoms with E-state index in [4.69, 9.17) is 17.3 Å². The molecule has 28 heavy (non-hydrogen) atoms. The fourth-order valence-corrected chi connectivity index (χ4v) is 3.63. The molecule has 1 aliphatic carbocycles. The van der Waals surface area contributed by atoms with Crippen LogP contribution in [0.4, 0.5) is 0 Å². The molecule has 0 bridgehead atoms. The predicted molar refractivity (Wildman–Crippen MR) is 105 cm³/mol. The van der Waals surface area contributed by atoms with Crippen molar-refractivity contribution in [2.75, 3.05) is 6.61 Å². The zero-order valence-corrected chi connectivity index (χ0v) is 16.6. The largest absolute Gasteiger partial charge is 0.396 e. The molecule has 2 heterocycles. The second-order valence-electron chi connectivity index (χ2n) is 7.02. The highest BCUT2D eigenvalue weighted by molar-refractivity contribution is 6.30. The van der Waals surface area contributed by atoms with Crippen LogP contribution in [0.25, 0.3) is 5.70 Å². The van der Waals surface area contributed by atoms with Gasteiger partial charge in [0.15, 0.2) is 5.82 Å². The van der Waals surface area contributed by atoms with Crippen LogP contribution in [0.1, 0.15) is 38.2 Å². The molecule has 0 fully saturated rings. The monoisotopic (exact) mass is 402 g/mol. The fraction of sp³-hybridized carbons (Fsp3) is 0.421. The lowest BCUT2D eigenvalue weighted by atomic mass is 9.67.